The number of aliphatic hydroxyl groups excluding tert-OH is 1. The van der Waals surface area contributed by atoms with Crippen LogP contribution in [-0.2, 0) is 4.74 Å². The summed E-state index contributed by atoms with van der Waals surface area (Å²) in [5.74, 6) is 1.47. The molecule has 4 atom stereocenters. The summed E-state index contributed by atoms with van der Waals surface area (Å²) in [6.07, 6.45) is 3.58. The number of fused-ring (bicyclic) bond motifs is 1. The molecule has 0 amide bonds. The van der Waals surface area contributed by atoms with Gasteiger partial charge in [0.05, 0.1) is 12.2 Å². The maximum Gasteiger partial charge on any atom is 0.0635 e. The first-order valence-corrected chi connectivity index (χ1v) is 4.04. The number of ether oxygens (including phenoxy) is 1. The molecule has 4 unspecified atom stereocenters. The Balaban J connectivity index is 1.91. The zero-order chi connectivity index (χ0) is 7.14. The van der Waals surface area contributed by atoms with Gasteiger partial charge in [-0.3, -0.25) is 0 Å². The molecule has 0 heterocycles. The maximum atomic E-state index is 9.26. The fourth-order valence-corrected chi connectivity index (χ4v) is 2.26. The number of hydrogen-bond acceptors (Lipinski definition) is 2. The van der Waals surface area contributed by atoms with Gasteiger partial charge >= 0.3 is 0 Å². The summed E-state index contributed by atoms with van der Waals surface area (Å²) < 4.78 is 5.25. The first-order chi connectivity index (χ1) is 4.83. The summed E-state index contributed by atoms with van der Waals surface area (Å²) in [6, 6.07) is 0. The van der Waals surface area contributed by atoms with Gasteiger partial charge in [0.15, 0.2) is 0 Å². The molecule has 2 aliphatic rings. The third-order valence-electron chi connectivity index (χ3n) is 2.90. The van der Waals surface area contributed by atoms with Crippen molar-refractivity contribution in [3.63, 3.8) is 0 Å². The molecule has 2 aliphatic carbocycles. The van der Waals surface area contributed by atoms with Crippen LogP contribution in [-0.4, -0.2) is 24.4 Å². The zero-order valence-corrected chi connectivity index (χ0v) is 6.29. The van der Waals surface area contributed by atoms with Crippen LogP contribution in [0.15, 0.2) is 0 Å². The molecule has 10 heavy (non-hydrogen) atoms. The van der Waals surface area contributed by atoms with Crippen molar-refractivity contribution >= 4 is 0 Å². The van der Waals surface area contributed by atoms with Crippen LogP contribution in [0.1, 0.15) is 19.3 Å². The fourth-order valence-electron chi connectivity index (χ4n) is 2.26. The molecule has 2 rings (SSSR count). The highest BCUT2D eigenvalue weighted by molar-refractivity contribution is 5.02. The third kappa shape index (κ3) is 0.867. The minimum Gasteiger partial charge on any atom is -0.393 e. The van der Waals surface area contributed by atoms with Crippen LogP contribution in [0.5, 0.6) is 0 Å². The van der Waals surface area contributed by atoms with E-state index in [0.717, 1.165) is 18.8 Å². The van der Waals surface area contributed by atoms with E-state index in [1.165, 1.54) is 6.42 Å². The van der Waals surface area contributed by atoms with E-state index in [9.17, 15) is 5.11 Å². The van der Waals surface area contributed by atoms with Gasteiger partial charge < -0.3 is 9.84 Å². The Hall–Kier alpha value is -0.0800. The van der Waals surface area contributed by atoms with Crippen LogP contribution < -0.4 is 0 Å². The smallest absolute Gasteiger partial charge is 0.0635 e. The highest BCUT2D eigenvalue weighted by Gasteiger charge is 2.53. The molecule has 0 bridgehead atoms. The zero-order valence-electron chi connectivity index (χ0n) is 6.29. The molecule has 2 fully saturated rings. The van der Waals surface area contributed by atoms with E-state index >= 15 is 0 Å². The van der Waals surface area contributed by atoms with Crippen molar-refractivity contribution in [2.45, 2.75) is 31.5 Å². The van der Waals surface area contributed by atoms with E-state index in [1.807, 2.05) is 0 Å². The second kappa shape index (κ2) is 2.21. The molecule has 0 saturated heterocycles. The molecule has 0 aromatic carbocycles. The van der Waals surface area contributed by atoms with Gasteiger partial charge in [-0.25, -0.2) is 0 Å². The average molecular weight is 142 g/mol. The normalized spacial score (nSPS) is 52.2. The maximum absolute atomic E-state index is 9.26. The van der Waals surface area contributed by atoms with Crippen LogP contribution in [0.25, 0.3) is 0 Å². The summed E-state index contributed by atoms with van der Waals surface area (Å²) in [5.41, 5.74) is 0. The number of hydrogen-bond donors (Lipinski definition) is 1. The molecule has 1 N–H and O–H groups in total. The van der Waals surface area contributed by atoms with E-state index in [4.69, 9.17) is 4.74 Å². The Bertz CT molecular complexity index is 131. The van der Waals surface area contributed by atoms with Gasteiger partial charge in [-0.1, -0.05) is 0 Å². The summed E-state index contributed by atoms with van der Waals surface area (Å²) in [5, 5.41) is 9.26. The van der Waals surface area contributed by atoms with Gasteiger partial charge in [-0.05, 0) is 31.1 Å². The van der Waals surface area contributed by atoms with Crippen LogP contribution in [0.4, 0.5) is 0 Å². The van der Waals surface area contributed by atoms with Crippen molar-refractivity contribution in [2.24, 2.45) is 11.8 Å². The Morgan fingerprint density at radius 2 is 2.10 bits per heavy atom. The standard InChI is InChI=1S/C8H14O2/c1-10-8-6-3-2-5(9)4-7(6)8/h5-9H,2-4H2,1H3. The first kappa shape index (κ1) is 6.62. The molecule has 0 aliphatic heterocycles. The molecular formula is C8H14O2. The quantitative estimate of drug-likeness (QED) is 0.586. The summed E-state index contributed by atoms with van der Waals surface area (Å²) in [6.45, 7) is 0. The lowest BCUT2D eigenvalue weighted by Crippen LogP contribution is -2.12. The first-order valence-electron chi connectivity index (χ1n) is 4.04. The molecule has 2 saturated carbocycles. The number of methoxy groups -OCH3 is 1. The van der Waals surface area contributed by atoms with Crippen LogP contribution in [0.3, 0.4) is 0 Å². The lowest BCUT2D eigenvalue weighted by Gasteiger charge is -2.13. The lowest BCUT2D eigenvalue weighted by molar-refractivity contribution is 0.121. The van der Waals surface area contributed by atoms with Gasteiger partial charge in [-0.15, -0.1) is 0 Å². The fraction of sp³-hybridized carbons (Fsp3) is 1.00. The molecule has 2 heteroatoms. The average Bonchev–Trinajstić information content (AvgIpc) is 2.60. The third-order valence-corrected chi connectivity index (χ3v) is 2.90. The van der Waals surface area contributed by atoms with Crippen molar-refractivity contribution < 1.29 is 9.84 Å². The van der Waals surface area contributed by atoms with Crippen molar-refractivity contribution in [1.29, 1.82) is 0 Å². The largest absolute Gasteiger partial charge is 0.393 e. The van der Waals surface area contributed by atoms with Crippen molar-refractivity contribution in [1.82, 2.24) is 0 Å². The van der Waals surface area contributed by atoms with Gasteiger partial charge in [-0.2, -0.15) is 0 Å². The van der Waals surface area contributed by atoms with E-state index in [2.05, 4.69) is 0 Å². The monoisotopic (exact) mass is 142 g/mol. The summed E-state index contributed by atoms with van der Waals surface area (Å²) >= 11 is 0. The lowest BCUT2D eigenvalue weighted by atomic mass is 9.98. The number of aliphatic hydroxyl groups is 1. The van der Waals surface area contributed by atoms with Gasteiger partial charge in [0.2, 0.25) is 0 Å². The van der Waals surface area contributed by atoms with Crippen molar-refractivity contribution in [3.8, 4) is 0 Å². The Morgan fingerprint density at radius 1 is 1.30 bits per heavy atom. The Morgan fingerprint density at radius 3 is 2.70 bits per heavy atom. The number of rotatable bonds is 1. The van der Waals surface area contributed by atoms with Crippen molar-refractivity contribution in [2.75, 3.05) is 7.11 Å². The Kier molecular flexibility index (Phi) is 1.46. The SMILES string of the molecule is COC1C2CCC(O)CC21. The molecule has 58 valence electrons. The van der Waals surface area contributed by atoms with Gasteiger partial charge in [0, 0.05) is 7.11 Å². The molecule has 2 nitrogen and oxygen atoms in total. The molecule has 0 spiro atoms. The minimum atomic E-state index is -0.0404. The van der Waals surface area contributed by atoms with Crippen molar-refractivity contribution in [3.05, 3.63) is 0 Å². The van der Waals surface area contributed by atoms with E-state index in [0.29, 0.717) is 12.0 Å². The van der Waals surface area contributed by atoms with E-state index < -0.39 is 0 Å². The minimum absolute atomic E-state index is 0.0404. The highest BCUT2D eigenvalue weighted by Crippen LogP contribution is 2.51. The highest BCUT2D eigenvalue weighted by atomic mass is 16.5. The molecule has 0 aromatic rings. The summed E-state index contributed by atoms with van der Waals surface area (Å²) in [7, 11) is 1.77. The van der Waals surface area contributed by atoms with Crippen LogP contribution in [0.2, 0.25) is 0 Å². The predicted molar refractivity (Wildman–Crippen MR) is 37.6 cm³/mol. The van der Waals surface area contributed by atoms with Crippen LogP contribution >= 0.6 is 0 Å². The Labute approximate surface area is 61.2 Å². The van der Waals surface area contributed by atoms with E-state index in [-0.39, 0.29) is 6.10 Å². The van der Waals surface area contributed by atoms with Gasteiger partial charge in [0.25, 0.3) is 0 Å². The topological polar surface area (TPSA) is 29.5 Å². The molecular weight excluding hydrogens is 128 g/mol. The predicted octanol–water partition coefficient (Wildman–Crippen LogP) is 0.792. The van der Waals surface area contributed by atoms with Gasteiger partial charge in [0.1, 0.15) is 0 Å². The molecule has 0 radical (unpaired) electrons. The van der Waals surface area contributed by atoms with Crippen LogP contribution in [0, 0.1) is 11.8 Å². The second-order valence-corrected chi connectivity index (χ2v) is 3.49. The second-order valence-electron chi connectivity index (χ2n) is 3.49. The van der Waals surface area contributed by atoms with E-state index in [1.54, 1.807) is 7.11 Å². The molecule has 0 aromatic heterocycles. The summed E-state index contributed by atoms with van der Waals surface area (Å²) in [4.78, 5) is 0.